The summed E-state index contributed by atoms with van der Waals surface area (Å²) in [6.07, 6.45) is 2.15. The molecule has 7 heteroatoms. The summed E-state index contributed by atoms with van der Waals surface area (Å²) in [6.45, 7) is 2.30. The number of aryl methyl sites for hydroxylation is 2. The Morgan fingerprint density at radius 2 is 1.34 bits per heavy atom. The standard InChI is InChI=1S/C25H32N2O5/c1-30-21-11-7-19(8-12-21)9-13-23(28)26-15-17-27(18-16-26)24(29)14-10-20-5-4-6-22(31-2)25(20)32-3/h4-8,11-12H,9-10,13-18H2,1-3H3. The third kappa shape index (κ3) is 5.93. The van der Waals surface area contributed by atoms with Crippen molar-refractivity contribution in [2.75, 3.05) is 47.5 Å². The molecule has 1 aliphatic rings. The molecule has 3 rings (SSSR count). The SMILES string of the molecule is COc1ccc(CCC(=O)N2CCN(C(=O)CCc3cccc(OC)c3OC)CC2)cc1. The number of para-hydroxylation sites is 1. The molecule has 2 aromatic rings. The van der Waals surface area contributed by atoms with Crippen LogP contribution in [-0.4, -0.2) is 69.1 Å². The normalized spacial score (nSPS) is 13.6. The van der Waals surface area contributed by atoms with Gasteiger partial charge in [-0.25, -0.2) is 0 Å². The Balaban J connectivity index is 1.43. The maximum atomic E-state index is 12.7. The molecule has 1 fully saturated rings. The summed E-state index contributed by atoms with van der Waals surface area (Å²) in [4.78, 5) is 29.0. The molecule has 1 aliphatic heterocycles. The molecule has 0 saturated carbocycles. The lowest BCUT2D eigenvalue weighted by Crippen LogP contribution is -2.50. The van der Waals surface area contributed by atoms with Gasteiger partial charge >= 0.3 is 0 Å². The first-order chi connectivity index (χ1) is 15.5. The number of ether oxygens (including phenoxy) is 3. The highest BCUT2D eigenvalue weighted by atomic mass is 16.5. The van der Waals surface area contributed by atoms with Crippen LogP contribution in [0, 0.1) is 0 Å². The lowest BCUT2D eigenvalue weighted by atomic mass is 10.1. The predicted molar refractivity (Wildman–Crippen MR) is 122 cm³/mol. The van der Waals surface area contributed by atoms with Crippen molar-refractivity contribution >= 4 is 11.8 Å². The van der Waals surface area contributed by atoms with Crippen LogP contribution in [-0.2, 0) is 22.4 Å². The molecule has 0 atom stereocenters. The van der Waals surface area contributed by atoms with E-state index in [0.717, 1.165) is 16.9 Å². The molecular formula is C25H32N2O5. The number of piperazine rings is 1. The number of amides is 2. The highest BCUT2D eigenvalue weighted by Gasteiger charge is 2.24. The number of carbonyl (C=O) groups excluding carboxylic acids is 2. The Labute approximate surface area is 189 Å². The molecule has 0 N–H and O–H groups in total. The quantitative estimate of drug-likeness (QED) is 0.600. The maximum absolute atomic E-state index is 12.7. The zero-order valence-corrected chi connectivity index (χ0v) is 19.1. The molecule has 0 aromatic heterocycles. The van der Waals surface area contributed by atoms with E-state index in [0.29, 0.717) is 63.4 Å². The fraction of sp³-hybridized carbons (Fsp3) is 0.440. The van der Waals surface area contributed by atoms with E-state index < -0.39 is 0 Å². The maximum Gasteiger partial charge on any atom is 0.223 e. The van der Waals surface area contributed by atoms with Gasteiger partial charge in [0.1, 0.15) is 5.75 Å². The van der Waals surface area contributed by atoms with Crippen molar-refractivity contribution in [3.8, 4) is 17.2 Å². The van der Waals surface area contributed by atoms with Crippen LogP contribution in [0.5, 0.6) is 17.2 Å². The van der Waals surface area contributed by atoms with Crippen LogP contribution in [0.4, 0.5) is 0 Å². The van der Waals surface area contributed by atoms with Crippen LogP contribution in [0.3, 0.4) is 0 Å². The zero-order valence-electron chi connectivity index (χ0n) is 19.1. The highest BCUT2D eigenvalue weighted by molar-refractivity contribution is 5.79. The largest absolute Gasteiger partial charge is 0.497 e. The Morgan fingerprint density at radius 3 is 1.88 bits per heavy atom. The number of nitrogens with zero attached hydrogens (tertiary/aromatic N) is 2. The molecule has 0 aliphatic carbocycles. The van der Waals surface area contributed by atoms with Crippen LogP contribution in [0.1, 0.15) is 24.0 Å². The van der Waals surface area contributed by atoms with E-state index in [1.807, 2.05) is 52.3 Å². The minimum atomic E-state index is 0.0974. The predicted octanol–water partition coefficient (Wildman–Crippen LogP) is 2.95. The second-order valence-corrected chi connectivity index (χ2v) is 7.76. The first kappa shape index (κ1) is 23.4. The van der Waals surface area contributed by atoms with Gasteiger partial charge in [0.05, 0.1) is 21.3 Å². The Kier molecular flexibility index (Phi) is 8.36. The topological polar surface area (TPSA) is 68.3 Å². The third-order valence-corrected chi connectivity index (χ3v) is 5.86. The average molecular weight is 441 g/mol. The summed E-state index contributed by atoms with van der Waals surface area (Å²) < 4.78 is 15.9. The van der Waals surface area contributed by atoms with Crippen molar-refractivity contribution in [1.29, 1.82) is 0 Å². The van der Waals surface area contributed by atoms with Gasteiger partial charge in [-0.05, 0) is 42.2 Å². The number of rotatable bonds is 9. The Hall–Kier alpha value is -3.22. The van der Waals surface area contributed by atoms with Crippen LogP contribution < -0.4 is 14.2 Å². The van der Waals surface area contributed by atoms with Gasteiger partial charge in [0.25, 0.3) is 0 Å². The monoisotopic (exact) mass is 440 g/mol. The van der Waals surface area contributed by atoms with Gasteiger partial charge in [0.2, 0.25) is 11.8 Å². The molecule has 1 heterocycles. The summed E-state index contributed by atoms with van der Waals surface area (Å²) in [5.74, 6) is 2.38. The molecule has 7 nitrogen and oxygen atoms in total. The van der Waals surface area contributed by atoms with Crippen molar-refractivity contribution in [1.82, 2.24) is 9.80 Å². The van der Waals surface area contributed by atoms with Crippen LogP contribution in [0.2, 0.25) is 0 Å². The molecule has 0 bridgehead atoms. The van der Waals surface area contributed by atoms with Crippen molar-refractivity contribution < 1.29 is 23.8 Å². The minimum Gasteiger partial charge on any atom is -0.497 e. The molecule has 0 spiro atoms. The molecule has 1 saturated heterocycles. The van der Waals surface area contributed by atoms with Gasteiger partial charge in [-0.15, -0.1) is 0 Å². The molecule has 0 radical (unpaired) electrons. The lowest BCUT2D eigenvalue weighted by molar-refractivity contribution is -0.139. The summed E-state index contributed by atoms with van der Waals surface area (Å²) in [6, 6.07) is 13.5. The Bertz CT molecular complexity index is 905. The summed E-state index contributed by atoms with van der Waals surface area (Å²) in [5, 5.41) is 0. The molecule has 0 unspecified atom stereocenters. The highest BCUT2D eigenvalue weighted by Crippen LogP contribution is 2.31. The van der Waals surface area contributed by atoms with Crippen molar-refractivity contribution in [2.45, 2.75) is 25.7 Å². The fourth-order valence-electron chi connectivity index (χ4n) is 3.96. The van der Waals surface area contributed by atoms with Crippen LogP contribution in [0.15, 0.2) is 42.5 Å². The van der Waals surface area contributed by atoms with E-state index in [2.05, 4.69) is 0 Å². The second-order valence-electron chi connectivity index (χ2n) is 7.76. The van der Waals surface area contributed by atoms with Gasteiger partial charge < -0.3 is 24.0 Å². The van der Waals surface area contributed by atoms with Crippen molar-refractivity contribution in [2.24, 2.45) is 0 Å². The average Bonchev–Trinajstić information content (AvgIpc) is 2.85. The first-order valence-electron chi connectivity index (χ1n) is 10.9. The second kappa shape index (κ2) is 11.4. The number of methoxy groups -OCH3 is 3. The van der Waals surface area contributed by atoms with E-state index in [1.54, 1.807) is 21.3 Å². The smallest absolute Gasteiger partial charge is 0.223 e. The van der Waals surface area contributed by atoms with E-state index in [1.165, 1.54) is 0 Å². The number of hydrogen-bond donors (Lipinski definition) is 0. The van der Waals surface area contributed by atoms with E-state index >= 15 is 0 Å². The number of benzene rings is 2. The van der Waals surface area contributed by atoms with Crippen LogP contribution in [0.25, 0.3) is 0 Å². The van der Waals surface area contributed by atoms with Gasteiger partial charge in [-0.2, -0.15) is 0 Å². The van der Waals surface area contributed by atoms with E-state index in [4.69, 9.17) is 14.2 Å². The first-order valence-corrected chi connectivity index (χ1v) is 10.9. The molecular weight excluding hydrogens is 408 g/mol. The molecule has 172 valence electrons. The Morgan fingerprint density at radius 1 is 0.750 bits per heavy atom. The number of hydrogen-bond acceptors (Lipinski definition) is 5. The molecule has 32 heavy (non-hydrogen) atoms. The fourth-order valence-corrected chi connectivity index (χ4v) is 3.96. The third-order valence-electron chi connectivity index (χ3n) is 5.86. The van der Waals surface area contributed by atoms with Gasteiger partial charge in [-0.1, -0.05) is 24.3 Å². The van der Waals surface area contributed by atoms with Gasteiger partial charge in [0, 0.05) is 39.0 Å². The summed E-state index contributed by atoms with van der Waals surface area (Å²) in [5.41, 5.74) is 2.06. The van der Waals surface area contributed by atoms with Gasteiger partial charge in [-0.3, -0.25) is 9.59 Å². The van der Waals surface area contributed by atoms with Crippen LogP contribution >= 0.6 is 0 Å². The van der Waals surface area contributed by atoms with E-state index in [-0.39, 0.29) is 11.8 Å². The molecule has 2 amide bonds. The summed E-state index contributed by atoms with van der Waals surface area (Å²) in [7, 11) is 4.84. The summed E-state index contributed by atoms with van der Waals surface area (Å²) >= 11 is 0. The number of carbonyl (C=O) groups is 2. The van der Waals surface area contributed by atoms with Crippen molar-refractivity contribution in [3.63, 3.8) is 0 Å². The van der Waals surface area contributed by atoms with Gasteiger partial charge in [0.15, 0.2) is 11.5 Å². The minimum absolute atomic E-state index is 0.0974. The van der Waals surface area contributed by atoms with Crippen molar-refractivity contribution in [3.05, 3.63) is 53.6 Å². The van der Waals surface area contributed by atoms with E-state index in [9.17, 15) is 9.59 Å². The zero-order chi connectivity index (χ0) is 22.9. The lowest BCUT2D eigenvalue weighted by Gasteiger charge is -2.35. The molecule has 2 aromatic carbocycles.